The van der Waals surface area contributed by atoms with Crippen molar-refractivity contribution in [2.75, 3.05) is 12.0 Å². The fourth-order valence-electron chi connectivity index (χ4n) is 4.24. The van der Waals surface area contributed by atoms with E-state index in [0.717, 1.165) is 24.1 Å². The number of methoxy groups -OCH3 is 1. The summed E-state index contributed by atoms with van der Waals surface area (Å²) in [5.41, 5.74) is 5.58. The highest BCUT2D eigenvalue weighted by atomic mass is 16.5. The summed E-state index contributed by atoms with van der Waals surface area (Å²) in [7, 11) is 1.63. The Hall–Kier alpha value is -3.53. The zero-order valence-electron chi connectivity index (χ0n) is 16.2. The summed E-state index contributed by atoms with van der Waals surface area (Å²) in [6.45, 7) is 4.14. The highest BCUT2D eigenvalue weighted by Gasteiger charge is 2.32. The van der Waals surface area contributed by atoms with E-state index in [-0.39, 0.29) is 12.0 Å². The largest absolute Gasteiger partial charge is 0.493 e. The molecule has 0 saturated carbocycles. The molecule has 29 heavy (non-hydrogen) atoms. The van der Waals surface area contributed by atoms with E-state index < -0.39 is 0 Å². The van der Waals surface area contributed by atoms with Gasteiger partial charge in [-0.1, -0.05) is 49.0 Å². The van der Waals surface area contributed by atoms with Crippen LogP contribution in [0.1, 0.15) is 27.0 Å². The van der Waals surface area contributed by atoms with Crippen LogP contribution in [-0.2, 0) is 12.8 Å². The molecule has 0 N–H and O–H groups in total. The molecule has 0 fully saturated rings. The smallest absolute Gasteiger partial charge is 0.263 e. The van der Waals surface area contributed by atoms with Crippen molar-refractivity contribution in [3.8, 4) is 11.5 Å². The fourth-order valence-corrected chi connectivity index (χ4v) is 4.24. The second kappa shape index (κ2) is 6.82. The Morgan fingerprint density at radius 2 is 1.55 bits per heavy atom. The number of hydrogen-bond donors (Lipinski definition) is 0. The molecule has 0 radical (unpaired) electrons. The summed E-state index contributed by atoms with van der Waals surface area (Å²) in [6.07, 6.45) is 1.78. The van der Waals surface area contributed by atoms with Gasteiger partial charge < -0.3 is 9.47 Å². The van der Waals surface area contributed by atoms with Crippen molar-refractivity contribution in [3.05, 3.63) is 95.6 Å². The Morgan fingerprint density at radius 3 is 2.21 bits per heavy atom. The van der Waals surface area contributed by atoms with E-state index in [1.807, 2.05) is 42.5 Å². The van der Waals surface area contributed by atoms with Crippen LogP contribution in [-0.4, -0.2) is 19.1 Å². The minimum atomic E-state index is -0.0741. The van der Waals surface area contributed by atoms with Crippen molar-refractivity contribution in [1.29, 1.82) is 0 Å². The van der Waals surface area contributed by atoms with Crippen LogP contribution in [0, 0.1) is 0 Å². The number of rotatable bonds is 4. The summed E-state index contributed by atoms with van der Waals surface area (Å²) in [5.74, 6) is 1.22. The molecule has 2 aliphatic rings. The van der Waals surface area contributed by atoms with Crippen LogP contribution in [0.25, 0.3) is 5.70 Å². The lowest BCUT2D eigenvalue weighted by atomic mass is 10.1. The van der Waals surface area contributed by atoms with Gasteiger partial charge in [0.25, 0.3) is 5.91 Å². The molecule has 5 rings (SSSR count). The van der Waals surface area contributed by atoms with Gasteiger partial charge in [0.05, 0.1) is 18.5 Å². The lowest BCUT2D eigenvalue weighted by Crippen LogP contribution is -2.22. The van der Waals surface area contributed by atoms with Crippen LogP contribution in [0.3, 0.4) is 0 Å². The molecule has 0 bridgehead atoms. The Labute approximate surface area is 170 Å². The van der Waals surface area contributed by atoms with Crippen LogP contribution in [0.2, 0.25) is 0 Å². The quantitative estimate of drug-likeness (QED) is 0.645. The van der Waals surface area contributed by atoms with Crippen molar-refractivity contribution in [1.82, 2.24) is 0 Å². The predicted molar refractivity (Wildman–Crippen MR) is 114 cm³/mol. The average molecular weight is 383 g/mol. The molecule has 4 nitrogen and oxygen atoms in total. The summed E-state index contributed by atoms with van der Waals surface area (Å²) in [6, 6.07) is 21.5. The minimum Gasteiger partial charge on any atom is -0.493 e. The molecule has 144 valence electrons. The van der Waals surface area contributed by atoms with Gasteiger partial charge in [-0.05, 0) is 29.3 Å². The maximum atomic E-state index is 13.0. The van der Waals surface area contributed by atoms with E-state index in [1.165, 1.54) is 11.1 Å². The molecule has 4 heteroatoms. The van der Waals surface area contributed by atoms with Crippen molar-refractivity contribution in [2.45, 2.75) is 18.9 Å². The van der Waals surface area contributed by atoms with Gasteiger partial charge >= 0.3 is 0 Å². The number of carbonyl (C=O) groups is 1. The van der Waals surface area contributed by atoms with Gasteiger partial charge in [0.1, 0.15) is 6.10 Å². The molecular weight excluding hydrogens is 362 g/mol. The van der Waals surface area contributed by atoms with Crippen LogP contribution in [0.5, 0.6) is 11.5 Å². The molecule has 1 heterocycles. The molecule has 1 amide bonds. The SMILES string of the molecule is C=C1c2ccccc2C(=O)N1c1ccc(OC)c(OC2Cc3ccccc3C2)c1. The number of benzene rings is 3. The van der Waals surface area contributed by atoms with E-state index in [0.29, 0.717) is 22.8 Å². The van der Waals surface area contributed by atoms with Crippen LogP contribution < -0.4 is 14.4 Å². The first kappa shape index (κ1) is 17.6. The number of nitrogens with zero attached hydrogens (tertiary/aromatic N) is 1. The third-order valence-electron chi connectivity index (χ3n) is 5.65. The van der Waals surface area contributed by atoms with E-state index in [9.17, 15) is 4.79 Å². The average Bonchev–Trinajstić information content (AvgIpc) is 3.26. The lowest BCUT2D eigenvalue weighted by molar-refractivity contribution is 0.101. The predicted octanol–water partition coefficient (Wildman–Crippen LogP) is 4.87. The number of amides is 1. The van der Waals surface area contributed by atoms with Crippen LogP contribution in [0.15, 0.2) is 73.3 Å². The van der Waals surface area contributed by atoms with Crippen molar-refractivity contribution >= 4 is 17.3 Å². The zero-order chi connectivity index (χ0) is 20.0. The van der Waals surface area contributed by atoms with Crippen molar-refractivity contribution < 1.29 is 14.3 Å². The number of hydrogen-bond acceptors (Lipinski definition) is 3. The first-order valence-corrected chi connectivity index (χ1v) is 9.70. The Morgan fingerprint density at radius 1 is 0.897 bits per heavy atom. The van der Waals surface area contributed by atoms with Gasteiger partial charge in [-0.25, -0.2) is 0 Å². The van der Waals surface area contributed by atoms with Crippen molar-refractivity contribution in [3.63, 3.8) is 0 Å². The van der Waals surface area contributed by atoms with Gasteiger partial charge in [0.2, 0.25) is 0 Å². The van der Waals surface area contributed by atoms with Crippen LogP contribution >= 0.6 is 0 Å². The second-order valence-electron chi connectivity index (χ2n) is 7.38. The maximum absolute atomic E-state index is 13.0. The first-order valence-electron chi connectivity index (χ1n) is 9.70. The fraction of sp³-hybridized carbons (Fsp3) is 0.160. The van der Waals surface area contributed by atoms with Crippen molar-refractivity contribution in [2.24, 2.45) is 0 Å². The number of ether oxygens (including phenoxy) is 2. The number of anilines is 1. The summed E-state index contributed by atoms with van der Waals surface area (Å²) < 4.78 is 11.9. The Balaban J connectivity index is 1.45. The second-order valence-corrected chi connectivity index (χ2v) is 7.38. The summed E-state index contributed by atoms with van der Waals surface area (Å²) in [5, 5.41) is 0. The first-order chi connectivity index (χ1) is 14.2. The van der Waals surface area contributed by atoms with E-state index in [2.05, 4.69) is 30.8 Å². The number of fused-ring (bicyclic) bond motifs is 2. The third kappa shape index (κ3) is 2.88. The highest BCUT2D eigenvalue weighted by Crippen LogP contribution is 2.40. The molecule has 1 aliphatic carbocycles. The van der Waals surface area contributed by atoms with Gasteiger partial charge in [-0.3, -0.25) is 9.69 Å². The number of carbonyl (C=O) groups excluding carboxylic acids is 1. The summed E-state index contributed by atoms with van der Waals surface area (Å²) in [4.78, 5) is 14.6. The molecule has 0 spiro atoms. The van der Waals surface area contributed by atoms with Gasteiger partial charge in [-0.15, -0.1) is 0 Å². The minimum absolute atomic E-state index is 0.0474. The van der Waals surface area contributed by atoms with Crippen LogP contribution in [0.4, 0.5) is 5.69 Å². The molecule has 0 saturated heterocycles. The van der Waals surface area contributed by atoms with Gasteiger partial charge in [0, 0.05) is 30.0 Å². The zero-order valence-corrected chi connectivity index (χ0v) is 16.2. The molecule has 1 aliphatic heterocycles. The topological polar surface area (TPSA) is 38.8 Å². The molecule has 0 unspecified atom stereocenters. The summed E-state index contributed by atoms with van der Waals surface area (Å²) >= 11 is 0. The molecular formula is C25H21NO3. The third-order valence-corrected chi connectivity index (χ3v) is 5.65. The van der Waals surface area contributed by atoms with E-state index >= 15 is 0 Å². The van der Waals surface area contributed by atoms with Gasteiger partial charge in [0.15, 0.2) is 11.5 Å². The highest BCUT2D eigenvalue weighted by molar-refractivity contribution is 6.22. The lowest BCUT2D eigenvalue weighted by Gasteiger charge is -2.21. The molecule has 0 aromatic heterocycles. The normalized spacial score (nSPS) is 15.4. The van der Waals surface area contributed by atoms with E-state index in [1.54, 1.807) is 12.0 Å². The maximum Gasteiger partial charge on any atom is 0.263 e. The molecule has 3 aromatic rings. The molecule has 3 aromatic carbocycles. The van der Waals surface area contributed by atoms with Gasteiger partial charge in [-0.2, -0.15) is 0 Å². The van der Waals surface area contributed by atoms with E-state index in [4.69, 9.17) is 9.47 Å². The Kier molecular flexibility index (Phi) is 4.13. The Bertz CT molecular complexity index is 1070. The standard InChI is InChI=1S/C25H21NO3/c1-16-21-9-5-6-10-22(21)25(27)26(16)19-11-12-23(28-2)24(15-19)29-20-13-17-7-3-4-8-18(17)14-20/h3-12,15,20H,1,13-14H2,2H3. The molecule has 0 atom stereocenters. The monoisotopic (exact) mass is 383 g/mol.